The molecule has 0 fully saturated rings. The number of carbonyl (C=O) groups is 1. The van der Waals surface area contributed by atoms with Crippen LogP contribution in [-0.2, 0) is 24.2 Å². The second kappa shape index (κ2) is 6.75. The molecule has 0 unspecified atom stereocenters. The third-order valence-electron chi connectivity index (χ3n) is 4.94. The van der Waals surface area contributed by atoms with Gasteiger partial charge in [0.1, 0.15) is 5.65 Å². The van der Waals surface area contributed by atoms with Crippen LogP contribution < -0.4 is 5.56 Å². The first kappa shape index (κ1) is 16.5. The number of aromatic nitrogens is 2. The molecule has 0 aliphatic carbocycles. The van der Waals surface area contributed by atoms with Gasteiger partial charge in [0.05, 0.1) is 17.8 Å². The summed E-state index contributed by atoms with van der Waals surface area (Å²) >= 11 is 0. The highest BCUT2D eigenvalue weighted by Crippen LogP contribution is 2.17. The van der Waals surface area contributed by atoms with Gasteiger partial charge >= 0.3 is 0 Å². The average molecular weight is 347 g/mol. The molecule has 5 heteroatoms. The van der Waals surface area contributed by atoms with Crippen molar-refractivity contribution in [2.45, 2.75) is 32.7 Å². The normalized spacial score (nSPS) is 13.7. The Morgan fingerprint density at radius 2 is 2.08 bits per heavy atom. The molecule has 1 aliphatic heterocycles. The lowest BCUT2D eigenvalue weighted by atomic mass is 10.0. The van der Waals surface area contributed by atoms with E-state index in [4.69, 9.17) is 0 Å². The first-order valence-electron chi connectivity index (χ1n) is 8.94. The second-order valence-electron chi connectivity index (χ2n) is 6.83. The molecule has 1 aromatic carbocycles. The third-order valence-corrected chi connectivity index (χ3v) is 4.94. The van der Waals surface area contributed by atoms with Crippen LogP contribution in [0.1, 0.15) is 28.8 Å². The molecule has 3 heterocycles. The Labute approximate surface area is 151 Å². The highest BCUT2D eigenvalue weighted by Gasteiger charge is 2.24. The van der Waals surface area contributed by atoms with Gasteiger partial charge in [0.2, 0.25) is 5.91 Å². The highest BCUT2D eigenvalue weighted by atomic mass is 16.2. The number of fused-ring (bicyclic) bond motifs is 2. The molecule has 0 spiro atoms. The Hall–Kier alpha value is -2.95. The number of benzene rings is 1. The van der Waals surface area contributed by atoms with Gasteiger partial charge in [0.25, 0.3) is 5.56 Å². The Balaban J connectivity index is 1.51. The van der Waals surface area contributed by atoms with Gasteiger partial charge in [-0.3, -0.25) is 14.0 Å². The molecular weight excluding hydrogens is 326 g/mol. The zero-order valence-corrected chi connectivity index (χ0v) is 14.8. The number of rotatable bonds is 3. The van der Waals surface area contributed by atoms with Gasteiger partial charge < -0.3 is 4.90 Å². The minimum absolute atomic E-state index is 0.0678. The van der Waals surface area contributed by atoms with Crippen molar-refractivity contribution in [2.75, 3.05) is 6.54 Å². The van der Waals surface area contributed by atoms with Crippen LogP contribution in [0.4, 0.5) is 0 Å². The molecule has 2 aromatic heterocycles. The number of hydrogen-bond acceptors (Lipinski definition) is 3. The summed E-state index contributed by atoms with van der Waals surface area (Å²) in [4.78, 5) is 31.8. The number of carbonyl (C=O) groups excluding carboxylic acids is 1. The van der Waals surface area contributed by atoms with E-state index in [2.05, 4.69) is 24.0 Å². The predicted molar refractivity (Wildman–Crippen MR) is 100 cm³/mol. The predicted octanol–water partition coefficient (Wildman–Crippen LogP) is 2.52. The molecule has 1 amide bonds. The summed E-state index contributed by atoms with van der Waals surface area (Å²) < 4.78 is 1.56. The van der Waals surface area contributed by atoms with Crippen molar-refractivity contribution in [1.29, 1.82) is 0 Å². The molecular formula is C21H21N3O2. The van der Waals surface area contributed by atoms with Gasteiger partial charge in [0, 0.05) is 25.6 Å². The molecule has 1 aliphatic rings. The molecule has 5 nitrogen and oxygen atoms in total. The van der Waals surface area contributed by atoms with E-state index in [1.54, 1.807) is 15.5 Å². The molecule has 0 bridgehead atoms. The molecule has 3 aromatic rings. The van der Waals surface area contributed by atoms with Crippen LogP contribution in [0.15, 0.2) is 53.5 Å². The Kier molecular flexibility index (Phi) is 4.29. The second-order valence-corrected chi connectivity index (χ2v) is 6.83. The van der Waals surface area contributed by atoms with Crippen LogP contribution in [0.2, 0.25) is 0 Å². The lowest BCUT2D eigenvalue weighted by Gasteiger charge is -2.28. The van der Waals surface area contributed by atoms with E-state index in [1.807, 2.05) is 30.3 Å². The number of aryl methyl sites for hydroxylation is 2. The summed E-state index contributed by atoms with van der Waals surface area (Å²) in [6, 6.07) is 13.8. The molecule has 0 radical (unpaired) electrons. The number of nitrogens with zero attached hydrogens (tertiary/aromatic N) is 3. The maximum absolute atomic E-state index is 12.7. The van der Waals surface area contributed by atoms with Gasteiger partial charge in [-0.1, -0.05) is 35.9 Å². The zero-order chi connectivity index (χ0) is 18.1. The first-order valence-corrected chi connectivity index (χ1v) is 8.94. The summed E-state index contributed by atoms with van der Waals surface area (Å²) in [7, 11) is 0. The van der Waals surface area contributed by atoms with E-state index in [0.29, 0.717) is 37.1 Å². The van der Waals surface area contributed by atoms with Crippen molar-refractivity contribution in [3.05, 3.63) is 81.4 Å². The molecule has 0 saturated carbocycles. The summed E-state index contributed by atoms with van der Waals surface area (Å²) in [6.07, 6.45) is 3.54. The van der Waals surface area contributed by atoms with E-state index in [1.165, 1.54) is 11.1 Å². The molecule has 132 valence electrons. The molecule has 0 atom stereocenters. The standard InChI is InChI=1S/C21H21N3O2/c1-15-5-4-6-16(13-15)8-9-20(25)23-12-10-18-17(14-23)21(26)24-11-3-2-7-19(24)22-18/h2-7,11,13H,8-10,12,14H2,1H3. The zero-order valence-electron chi connectivity index (χ0n) is 14.8. The lowest BCUT2D eigenvalue weighted by molar-refractivity contribution is -0.132. The third kappa shape index (κ3) is 3.12. The summed E-state index contributed by atoms with van der Waals surface area (Å²) in [5.74, 6) is 0.0923. The maximum Gasteiger partial charge on any atom is 0.263 e. The number of amides is 1. The first-order chi connectivity index (χ1) is 12.6. The van der Waals surface area contributed by atoms with Crippen molar-refractivity contribution >= 4 is 11.6 Å². The fraction of sp³-hybridized carbons (Fsp3) is 0.286. The smallest absolute Gasteiger partial charge is 0.263 e. The number of pyridine rings is 1. The minimum Gasteiger partial charge on any atom is -0.338 e. The Morgan fingerprint density at radius 1 is 1.19 bits per heavy atom. The fourth-order valence-electron chi connectivity index (χ4n) is 3.54. The van der Waals surface area contributed by atoms with Gasteiger partial charge in [-0.05, 0) is 31.0 Å². The van der Waals surface area contributed by atoms with Crippen molar-refractivity contribution in [3.8, 4) is 0 Å². The van der Waals surface area contributed by atoms with Crippen LogP contribution in [-0.4, -0.2) is 26.7 Å². The lowest BCUT2D eigenvalue weighted by Crippen LogP contribution is -2.40. The van der Waals surface area contributed by atoms with Gasteiger partial charge in [-0.2, -0.15) is 0 Å². The number of hydrogen-bond donors (Lipinski definition) is 0. The van der Waals surface area contributed by atoms with Crippen molar-refractivity contribution in [2.24, 2.45) is 0 Å². The molecule has 0 N–H and O–H groups in total. The molecule has 4 rings (SSSR count). The summed E-state index contributed by atoms with van der Waals surface area (Å²) in [5.41, 5.74) is 4.43. The van der Waals surface area contributed by atoms with Crippen LogP contribution >= 0.6 is 0 Å². The van der Waals surface area contributed by atoms with E-state index in [9.17, 15) is 9.59 Å². The summed E-state index contributed by atoms with van der Waals surface area (Å²) in [5, 5.41) is 0. The van der Waals surface area contributed by atoms with Crippen molar-refractivity contribution in [1.82, 2.24) is 14.3 Å². The maximum atomic E-state index is 12.7. The fourth-order valence-corrected chi connectivity index (χ4v) is 3.54. The van der Waals surface area contributed by atoms with Crippen molar-refractivity contribution < 1.29 is 4.79 Å². The van der Waals surface area contributed by atoms with E-state index in [-0.39, 0.29) is 11.5 Å². The van der Waals surface area contributed by atoms with E-state index < -0.39 is 0 Å². The highest BCUT2D eigenvalue weighted by molar-refractivity contribution is 5.76. The van der Waals surface area contributed by atoms with Crippen LogP contribution in [0.5, 0.6) is 0 Å². The quantitative estimate of drug-likeness (QED) is 0.732. The van der Waals surface area contributed by atoms with Crippen LogP contribution in [0.3, 0.4) is 0 Å². The monoisotopic (exact) mass is 347 g/mol. The SMILES string of the molecule is Cc1cccc(CCC(=O)N2CCc3nc4ccccn4c(=O)c3C2)c1. The average Bonchev–Trinajstić information content (AvgIpc) is 2.66. The van der Waals surface area contributed by atoms with Gasteiger partial charge in [-0.15, -0.1) is 0 Å². The van der Waals surface area contributed by atoms with Gasteiger partial charge in [-0.25, -0.2) is 4.98 Å². The van der Waals surface area contributed by atoms with Gasteiger partial charge in [0.15, 0.2) is 0 Å². The van der Waals surface area contributed by atoms with E-state index >= 15 is 0 Å². The molecule has 26 heavy (non-hydrogen) atoms. The van der Waals surface area contributed by atoms with Crippen molar-refractivity contribution in [3.63, 3.8) is 0 Å². The minimum atomic E-state index is -0.0678. The molecule has 0 saturated heterocycles. The van der Waals surface area contributed by atoms with Crippen LogP contribution in [0.25, 0.3) is 5.65 Å². The van der Waals surface area contributed by atoms with Crippen LogP contribution in [0, 0.1) is 6.92 Å². The topological polar surface area (TPSA) is 54.7 Å². The Morgan fingerprint density at radius 3 is 2.92 bits per heavy atom. The Bertz CT molecular complexity index is 1040. The van der Waals surface area contributed by atoms with E-state index in [0.717, 1.165) is 12.1 Å². The largest absolute Gasteiger partial charge is 0.338 e. The summed E-state index contributed by atoms with van der Waals surface area (Å²) in [6.45, 7) is 3.03.